The maximum atomic E-state index is 12.9. The molecule has 0 saturated heterocycles. The van der Waals surface area contributed by atoms with E-state index in [0.717, 1.165) is 6.07 Å². The van der Waals surface area contributed by atoms with Gasteiger partial charge in [-0.25, -0.2) is 0 Å². The van der Waals surface area contributed by atoms with Crippen molar-refractivity contribution in [3.05, 3.63) is 41.3 Å². The van der Waals surface area contributed by atoms with Crippen molar-refractivity contribution in [3.8, 4) is 0 Å². The average Bonchev–Trinajstić information content (AvgIpc) is 2.87. The number of benzene rings is 1. The average molecular weight is 300 g/mol. The van der Waals surface area contributed by atoms with Crippen LogP contribution in [0.2, 0.25) is 0 Å². The molecule has 21 heavy (non-hydrogen) atoms. The molecule has 0 aliphatic heterocycles. The van der Waals surface area contributed by atoms with Gasteiger partial charge in [-0.1, -0.05) is 23.3 Å². The number of nitrogens with zero attached hydrogens (tertiary/aromatic N) is 3. The third-order valence-corrected chi connectivity index (χ3v) is 2.84. The van der Waals surface area contributed by atoms with E-state index in [1.165, 1.54) is 17.0 Å². The molecule has 0 amide bonds. The third-order valence-electron chi connectivity index (χ3n) is 2.84. The number of halogens is 3. The van der Waals surface area contributed by atoms with Gasteiger partial charge in [-0.05, 0) is 18.7 Å². The van der Waals surface area contributed by atoms with Gasteiger partial charge in [0.15, 0.2) is 0 Å². The van der Waals surface area contributed by atoms with Gasteiger partial charge in [0.25, 0.3) is 0 Å². The van der Waals surface area contributed by atoms with Crippen molar-refractivity contribution >= 4 is 6.01 Å². The van der Waals surface area contributed by atoms with E-state index < -0.39 is 11.7 Å². The highest BCUT2D eigenvalue weighted by molar-refractivity contribution is 5.34. The molecule has 0 aliphatic carbocycles. The van der Waals surface area contributed by atoms with E-state index in [-0.39, 0.29) is 18.1 Å². The van der Waals surface area contributed by atoms with Crippen LogP contribution in [0.5, 0.6) is 0 Å². The van der Waals surface area contributed by atoms with Crippen LogP contribution >= 0.6 is 0 Å². The van der Waals surface area contributed by atoms with Gasteiger partial charge in [-0.15, -0.1) is 5.10 Å². The van der Waals surface area contributed by atoms with Crippen molar-refractivity contribution in [2.45, 2.75) is 19.3 Å². The first kappa shape index (κ1) is 15.3. The zero-order chi connectivity index (χ0) is 15.5. The van der Waals surface area contributed by atoms with Crippen molar-refractivity contribution in [1.29, 1.82) is 0 Å². The minimum absolute atomic E-state index is 0.0247. The molecule has 0 unspecified atom stereocenters. The summed E-state index contributed by atoms with van der Waals surface area (Å²) in [4.78, 5) is 1.48. The highest BCUT2D eigenvalue weighted by Gasteiger charge is 2.33. The predicted molar refractivity (Wildman–Crippen MR) is 70.6 cm³/mol. The van der Waals surface area contributed by atoms with Gasteiger partial charge >= 0.3 is 12.2 Å². The minimum Gasteiger partial charge on any atom is -0.407 e. The first-order valence-corrected chi connectivity index (χ1v) is 6.25. The molecule has 114 valence electrons. The summed E-state index contributed by atoms with van der Waals surface area (Å²) in [6.45, 7) is 0.427. The monoisotopic (exact) mass is 300 g/mol. The Bertz CT molecular complexity index is 597. The van der Waals surface area contributed by atoms with Gasteiger partial charge in [-0.2, -0.15) is 13.2 Å². The molecule has 0 spiro atoms. The van der Waals surface area contributed by atoms with E-state index in [1.807, 2.05) is 0 Å². The van der Waals surface area contributed by atoms with Crippen LogP contribution in [-0.4, -0.2) is 24.3 Å². The molecule has 2 aromatic rings. The molecule has 0 atom stereocenters. The Morgan fingerprint density at radius 2 is 1.95 bits per heavy atom. The number of alkyl halides is 3. The smallest absolute Gasteiger partial charge is 0.407 e. The quantitative estimate of drug-likeness (QED) is 0.919. The molecule has 8 heteroatoms. The standard InChI is InChI=1S/C13H15F3N4O/c1-17-7-11-18-19-12(21-11)20(2)8-9-5-3-4-6-10(9)13(14,15)16/h3-6,17H,7-8H2,1-2H3. The zero-order valence-electron chi connectivity index (χ0n) is 11.6. The van der Waals surface area contributed by atoms with Crippen LogP contribution in [0.4, 0.5) is 19.2 Å². The molecule has 1 aromatic carbocycles. The van der Waals surface area contributed by atoms with Crippen molar-refractivity contribution in [2.75, 3.05) is 19.0 Å². The van der Waals surface area contributed by atoms with Crippen LogP contribution in [0.3, 0.4) is 0 Å². The molecule has 0 saturated carbocycles. The fourth-order valence-corrected chi connectivity index (χ4v) is 1.88. The van der Waals surface area contributed by atoms with Gasteiger partial charge in [0.2, 0.25) is 5.89 Å². The number of hydrogen-bond donors (Lipinski definition) is 1. The Morgan fingerprint density at radius 3 is 2.62 bits per heavy atom. The molecular formula is C13H15F3N4O. The molecule has 0 aliphatic rings. The van der Waals surface area contributed by atoms with Crippen molar-refractivity contribution in [1.82, 2.24) is 15.5 Å². The number of nitrogens with one attached hydrogen (secondary N) is 1. The Hall–Kier alpha value is -2.09. The highest BCUT2D eigenvalue weighted by Crippen LogP contribution is 2.32. The van der Waals surface area contributed by atoms with Gasteiger partial charge < -0.3 is 14.6 Å². The van der Waals surface area contributed by atoms with Crippen molar-refractivity contribution in [3.63, 3.8) is 0 Å². The topological polar surface area (TPSA) is 54.2 Å². The van der Waals surface area contributed by atoms with Gasteiger partial charge in [0.05, 0.1) is 12.1 Å². The summed E-state index contributed by atoms with van der Waals surface area (Å²) in [5, 5.41) is 10.5. The molecule has 2 rings (SSSR count). The summed E-state index contributed by atoms with van der Waals surface area (Å²) in [5.41, 5.74) is -0.507. The maximum Gasteiger partial charge on any atom is 0.416 e. The van der Waals surface area contributed by atoms with Crippen LogP contribution in [0.25, 0.3) is 0 Å². The molecule has 0 bridgehead atoms. The molecule has 0 fully saturated rings. The third kappa shape index (κ3) is 3.72. The van der Waals surface area contributed by atoms with E-state index in [0.29, 0.717) is 12.4 Å². The zero-order valence-corrected chi connectivity index (χ0v) is 11.6. The van der Waals surface area contributed by atoms with Crippen LogP contribution in [0, 0.1) is 0 Å². The van der Waals surface area contributed by atoms with Crippen LogP contribution in [-0.2, 0) is 19.3 Å². The van der Waals surface area contributed by atoms with E-state index >= 15 is 0 Å². The normalized spacial score (nSPS) is 11.7. The summed E-state index contributed by atoms with van der Waals surface area (Å²) < 4.78 is 44.1. The number of rotatable bonds is 5. The van der Waals surface area contributed by atoms with Crippen LogP contribution in [0.1, 0.15) is 17.0 Å². The lowest BCUT2D eigenvalue weighted by molar-refractivity contribution is -0.138. The van der Waals surface area contributed by atoms with Crippen LogP contribution < -0.4 is 10.2 Å². The molecule has 1 heterocycles. The lowest BCUT2D eigenvalue weighted by Gasteiger charge is -2.18. The maximum absolute atomic E-state index is 12.9. The number of hydrogen-bond acceptors (Lipinski definition) is 5. The first-order chi connectivity index (χ1) is 9.91. The summed E-state index contributed by atoms with van der Waals surface area (Å²) in [5.74, 6) is 0.378. The Morgan fingerprint density at radius 1 is 1.24 bits per heavy atom. The van der Waals surface area contributed by atoms with E-state index in [2.05, 4.69) is 15.5 Å². The van der Waals surface area contributed by atoms with Gasteiger partial charge in [0, 0.05) is 13.6 Å². The van der Waals surface area contributed by atoms with Gasteiger partial charge in [-0.3, -0.25) is 0 Å². The Balaban J connectivity index is 2.17. The summed E-state index contributed by atoms with van der Waals surface area (Å²) in [6, 6.07) is 5.60. The lowest BCUT2D eigenvalue weighted by atomic mass is 10.1. The first-order valence-electron chi connectivity index (χ1n) is 6.25. The van der Waals surface area contributed by atoms with E-state index in [4.69, 9.17) is 4.42 Å². The van der Waals surface area contributed by atoms with E-state index in [9.17, 15) is 13.2 Å². The summed E-state index contributed by atoms with van der Waals surface area (Å²) in [7, 11) is 3.33. The number of aromatic nitrogens is 2. The fraction of sp³-hybridized carbons (Fsp3) is 0.385. The summed E-state index contributed by atoms with van der Waals surface area (Å²) in [6.07, 6.45) is -4.39. The fourth-order valence-electron chi connectivity index (χ4n) is 1.88. The van der Waals surface area contributed by atoms with Crippen LogP contribution in [0.15, 0.2) is 28.7 Å². The molecule has 0 radical (unpaired) electrons. The highest BCUT2D eigenvalue weighted by atomic mass is 19.4. The Labute approximate surface area is 119 Å². The SMILES string of the molecule is CNCc1nnc(N(C)Cc2ccccc2C(F)(F)F)o1. The molecule has 1 N–H and O–H groups in total. The van der Waals surface area contributed by atoms with Crippen molar-refractivity contribution < 1.29 is 17.6 Å². The van der Waals surface area contributed by atoms with Gasteiger partial charge in [0.1, 0.15) is 0 Å². The lowest BCUT2D eigenvalue weighted by Crippen LogP contribution is -2.20. The second-order valence-corrected chi connectivity index (χ2v) is 4.52. The number of anilines is 1. The minimum atomic E-state index is -4.39. The Kier molecular flexibility index (Phi) is 4.46. The largest absolute Gasteiger partial charge is 0.416 e. The van der Waals surface area contributed by atoms with E-state index in [1.54, 1.807) is 20.2 Å². The molecular weight excluding hydrogens is 285 g/mol. The molecule has 5 nitrogen and oxygen atoms in total. The molecule has 1 aromatic heterocycles. The predicted octanol–water partition coefficient (Wildman–Crippen LogP) is 2.44. The summed E-state index contributed by atoms with van der Waals surface area (Å²) >= 11 is 0. The van der Waals surface area contributed by atoms with Crippen molar-refractivity contribution in [2.24, 2.45) is 0 Å². The second kappa shape index (κ2) is 6.13. The second-order valence-electron chi connectivity index (χ2n) is 4.52.